The number of alkyl halides is 3. The monoisotopic (exact) mass is 660 g/mol. The molecule has 4 aliphatic rings. The van der Waals surface area contributed by atoms with Gasteiger partial charge in [0, 0.05) is 5.92 Å². The highest BCUT2D eigenvalue weighted by atomic mass is 79.9. The second-order valence-corrected chi connectivity index (χ2v) is 12.7. The first-order valence-corrected chi connectivity index (χ1v) is 15.2. The van der Waals surface area contributed by atoms with Crippen LogP contribution in [0.2, 0.25) is 0 Å². The van der Waals surface area contributed by atoms with Gasteiger partial charge in [-0.15, -0.1) is 23.2 Å². The van der Waals surface area contributed by atoms with Crippen LogP contribution in [0, 0.1) is 17.8 Å². The molecule has 6 atom stereocenters. The number of carbonyl (C=O) groups is 4. The molecule has 3 fully saturated rings. The molecule has 0 spiro atoms. The molecule has 2 aromatic rings. The van der Waals surface area contributed by atoms with Crippen LogP contribution >= 0.6 is 39.1 Å². The summed E-state index contributed by atoms with van der Waals surface area (Å²) in [6.45, 7) is 2.02. The minimum Gasteiger partial charge on any atom is -0.504 e. The van der Waals surface area contributed by atoms with E-state index >= 15 is 0 Å². The maximum atomic E-state index is 14.1. The maximum Gasteiger partial charge on any atom is 0.254 e. The number of anilines is 1. The zero-order valence-corrected chi connectivity index (χ0v) is 25.4. The maximum absolute atomic E-state index is 14.1. The number of halogens is 3. The SMILES string of the molecule is CCc1ccc(N2C(=O)C3CC=C4C(CC5(Cl)C(=O)N(CBr)C(=O)C5(Cl)C4c4ccc(OC)c(O)c4)C3C2=O)cc1. The molecule has 1 saturated carbocycles. The molecule has 2 aliphatic carbocycles. The molecule has 2 saturated heterocycles. The number of fused-ring (bicyclic) bond motifs is 4. The van der Waals surface area contributed by atoms with Crippen molar-refractivity contribution in [3.8, 4) is 11.5 Å². The molecule has 41 heavy (non-hydrogen) atoms. The minimum absolute atomic E-state index is 0.0978. The zero-order valence-electron chi connectivity index (χ0n) is 22.3. The average molecular weight is 662 g/mol. The van der Waals surface area contributed by atoms with E-state index in [1.165, 1.54) is 18.1 Å². The van der Waals surface area contributed by atoms with Crippen LogP contribution < -0.4 is 9.64 Å². The topological polar surface area (TPSA) is 104 Å². The predicted octanol–water partition coefficient (Wildman–Crippen LogP) is 4.88. The summed E-state index contributed by atoms with van der Waals surface area (Å²) < 4.78 is 5.20. The number of benzene rings is 2. The fraction of sp³-hybridized carbons (Fsp3) is 0.400. The quantitative estimate of drug-likeness (QED) is 0.212. The van der Waals surface area contributed by atoms with E-state index in [2.05, 4.69) is 15.9 Å². The number of nitrogens with zero attached hydrogens (tertiary/aromatic N) is 2. The first-order chi connectivity index (χ1) is 19.5. The second-order valence-electron chi connectivity index (χ2n) is 10.9. The van der Waals surface area contributed by atoms with E-state index < -0.39 is 45.2 Å². The van der Waals surface area contributed by atoms with Gasteiger partial charge in [0.1, 0.15) is 0 Å². The molecule has 8 nitrogen and oxygen atoms in total. The van der Waals surface area contributed by atoms with Gasteiger partial charge in [-0.2, -0.15) is 0 Å². The van der Waals surface area contributed by atoms with Crippen molar-refractivity contribution in [3.05, 3.63) is 65.2 Å². The molecular weight excluding hydrogens is 635 g/mol. The number of hydrogen-bond donors (Lipinski definition) is 1. The van der Waals surface area contributed by atoms with E-state index in [4.69, 9.17) is 27.9 Å². The minimum atomic E-state index is -1.93. The lowest BCUT2D eigenvalue weighted by Crippen LogP contribution is -2.60. The summed E-state index contributed by atoms with van der Waals surface area (Å²) in [6.07, 6.45) is 2.85. The van der Waals surface area contributed by atoms with Crippen LogP contribution in [0.15, 0.2) is 54.1 Å². The van der Waals surface area contributed by atoms with Gasteiger partial charge in [-0.05, 0) is 60.6 Å². The molecule has 6 rings (SSSR count). The summed E-state index contributed by atoms with van der Waals surface area (Å²) in [6, 6.07) is 12.0. The molecule has 2 heterocycles. The number of rotatable bonds is 5. The van der Waals surface area contributed by atoms with Crippen LogP contribution in [0.5, 0.6) is 11.5 Å². The zero-order chi connectivity index (χ0) is 29.4. The van der Waals surface area contributed by atoms with Crippen molar-refractivity contribution in [1.29, 1.82) is 0 Å². The third kappa shape index (κ3) is 3.71. The van der Waals surface area contributed by atoms with Gasteiger partial charge in [0.05, 0.1) is 30.1 Å². The van der Waals surface area contributed by atoms with E-state index in [1.54, 1.807) is 24.3 Å². The molecule has 4 amide bonds. The number of allylic oxidation sites excluding steroid dienone is 2. The number of aryl methyl sites for hydroxylation is 1. The number of methoxy groups -OCH3 is 1. The van der Waals surface area contributed by atoms with Crippen molar-refractivity contribution in [2.75, 3.05) is 17.5 Å². The van der Waals surface area contributed by atoms with E-state index in [1.807, 2.05) is 25.1 Å². The Labute approximate surface area is 255 Å². The van der Waals surface area contributed by atoms with Crippen LogP contribution in [0.3, 0.4) is 0 Å². The molecule has 1 N–H and O–H groups in total. The lowest BCUT2D eigenvalue weighted by Gasteiger charge is -2.50. The molecule has 2 aliphatic heterocycles. The van der Waals surface area contributed by atoms with Crippen molar-refractivity contribution in [3.63, 3.8) is 0 Å². The van der Waals surface area contributed by atoms with Gasteiger partial charge >= 0.3 is 0 Å². The van der Waals surface area contributed by atoms with Gasteiger partial charge in [0.2, 0.25) is 11.8 Å². The van der Waals surface area contributed by atoms with Gasteiger partial charge in [0.25, 0.3) is 11.8 Å². The highest BCUT2D eigenvalue weighted by Crippen LogP contribution is 2.65. The molecule has 0 bridgehead atoms. The summed E-state index contributed by atoms with van der Waals surface area (Å²) in [4.78, 5) is 53.6. The smallest absolute Gasteiger partial charge is 0.254 e. The number of phenolic OH excluding ortho intramolecular Hbond substituents is 1. The molecule has 214 valence electrons. The number of imide groups is 2. The Bertz CT molecular complexity index is 1530. The fourth-order valence-corrected chi connectivity index (χ4v) is 8.57. The third-order valence-corrected chi connectivity index (χ3v) is 11.1. The number of hydrogen-bond acceptors (Lipinski definition) is 6. The Hall–Kier alpha value is -2.88. The standard InChI is InChI=1S/C30H27BrCl2N2O6/c1-3-15-4-7-17(8-5-15)35-25(37)19-10-9-18-20(23(19)26(35)38)13-29(32)27(39)34(14-31)28(40)30(29,33)24(18)16-6-11-22(41-2)21(36)12-16/h4-9,11-12,19-20,23-24,36H,3,10,13-14H2,1-2H3. The molecule has 2 aromatic carbocycles. The van der Waals surface area contributed by atoms with Crippen molar-refractivity contribution < 1.29 is 29.0 Å². The van der Waals surface area contributed by atoms with E-state index in [0.717, 1.165) is 16.9 Å². The first kappa shape index (κ1) is 28.2. The van der Waals surface area contributed by atoms with Gasteiger partial charge in [-0.25, -0.2) is 0 Å². The van der Waals surface area contributed by atoms with Crippen LogP contribution in [-0.4, -0.2) is 55.9 Å². The summed E-state index contributed by atoms with van der Waals surface area (Å²) in [7, 11) is 1.42. The lowest BCUT2D eigenvalue weighted by molar-refractivity contribution is -0.138. The summed E-state index contributed by atoms with van der Waals surface area (Å²) in [5, 5.41) is 10.7. The normalized spacial score (nSPS) is 32.6. The predicted molar refractivity (Wildman–Crippen MR) is 156 cm³/mol. The third-order valence-electron chi connectivity index (χ3n) is 9.15. The number of ether oxygens (including phenoxy) is 1. The highest BCUT2D eigenvalue weighted by molar-refractivity contribution is 9.09. The van der Waals surface area contributed by atoms with Crippen LogP contribution in [0.1, 0.15) is 36.8 Å². The Kier molecular flexibility index (Phi) is 6.79. The highest BCUT2D eigenvalue weighted by Gasteiger charge is 2.76. The van der Waals surface area contributed by atoms with E-state index in [-0.39, 0.29) is 41.6 Å². The van der Waals surface area contributed by atoms with Crippen molar-refractivity contribution in [2.45, 2.75) is 41.9 Å². The number of aromatic hydroxyl groups is 1. The Morgan fingerprint density at radius 1 is 1.02 bits per heavy atom. The van der Waals surface area contributed by atoms with E-state index in [0.29, 0.717) is 16.8 Å². The summed E-state index contributed by atoms with van der Waals surface area (Å²) in [5.74, 6) is -4.99. The van der Waals surface area contributed by atoms with Crippen molar-refractivity contribution >= 4 is 68.4 Å². The van der Waals surface area contributed by atoms with Gasteiger partial charge in [0.15, 0.2) is 21.2 Å². The summed E-state index contributed by atoms with van der Waals surface area (Å²) >= 11 is 17.6. The van der Waals surface area contributed by atoms with Gasteiger partial charge in [-0.3, -0.25) is 29.0 Å². The first-order valence-electron chi connectivity index (χ1n) is 13.4. The molecular formula is C30H27BrCl2N2O6. The molecule has 0 radical (unpaired) electrons. The molecule has 11 heteroatoms. The van der Waals surface area contributed by atoms with E-state index in [9.17, 15) is 24.3 Å². The number of phenols is 1. The van der Waals surface area contributed by atoms with Gasteiger partial charge < -0.3 is 9.84 Å². The number of likely N-dealkylation sites (tertiary alicyclic amines) is 1. The Balaban J connectivity index is 1.50. The Morgan fingerprint density at radius 2 is 1.73 bits per heavy atom. The largest absolute Gasteiger partial charge is 0.504 e. The lowest BCUT2D eigenvalue weighted by atomic mass is 9.56. The average Bonchev–Trinajstić information content (AvgIpc) is 3.30. The van der Waals surface area contributed by atoms with Crippen LogP contribution in [0.4, 0.5) is 5.69 Å². The number of amides is 4. The summed E-state index contributed by atoms with van der Waals surface area (Å²) in [5.41, 5.74) is 2.56. The number of carbonyl (C=O) groups excluding carboxylic acids is 4. The van der Waals surface area contributed by atoms with Crippen LogP contribution in [-0.2, 0) is 25.6 Å². The molecule has 6 unspecified atom stereocenters. The fourth-order valence-electron chi connectivity index (χ4n) is 7.15. The van der Waals surface area contributed by atoms with Gasteiger partial charge in [-0.1, -0.05) is 52.7 Å². The Morgan fingerprint density at radius 3 is 2.34 bits per heavy atom. The van der Waals surface area contributed by atoms with Crippen molar-refractivity contribution in [2.24, 2.45) is 17.8 Å². The molecule has 0 aromatic heterocycles. The van der Waals surface area contributed by atoms with Crippen LogP contribution in [0.25, 0.3) is 0 Å². The second kappa shape index (κ2) is 9.85. The van der Waals surface area contributed by atoms with Crippen molar-refractivity contribution in [1.82, 2.24) is 4.90 Å².